The van der Waals surface area contributed by atoms with Crippen molar-refractivity contribution in [3.8, 4) is 0 Å². The number of allylic oxidation sites excluding steroid dienone is 1. The Labute approximate surface area is 86.6 Å². The van der Waals surface area contributed by atoms with E-state index >= 15 is 0 Å². The highest BCUT2D eigenvalue weighted by Crippen LogP contribution is 2.18. The minimum absolute atomic E-state index is 0.227. The van der Waals surface area contributed by atoms with E-state index in [0.29, 0.717) is 5.70 Å². The third-order valence-electron chi connectivity index (χ3n) is 1.91. The van der Waals surface area contributed by atoms with Crippen molar-refractivity contribution in [2.75, 3.05) is 13.6 Å². The van der Waals surface area contributed by atoms with Gasteiger partial charge >= 0.3 is 5.97 Å². The molecular weight excluding hydrogens is 204 g/mol. The molecule has 5 nitrogen and oxygen atoms in total. The molecule has 1 saturated heterocycles. The van der Waals surface area contributed by atoms with Crippen LogP contribution in [0.2, 0.25) is 0 Å². The number of carbonyl (C=O) groups is 2. The van der Waals surface area contributed by atoms with Crippen LogP contribution in [0, 0.1) is 0 Å². The van der Waals surface area contributed by atoms with Gasteiger partial charge in [0.15, 0.2) is 5.11 Å². The highest BCUT2D eigenvalue weighted by atomic mass is 32.1. The minimum atomic E-state index is -1.08. The van der Waals surface area contributed by atoms with Crippen LogP contribution in [0.15, 0.2) is 11.8 Å². The number of likely N-dealkylation sites (N-methyl/N-ethyl adjacent to an activating group) is 1. The summed E-state index contributed by atoms with van der Waals surface area (Å²) in [5.41, 5.74) is 0.413. The number of aliphatic carboxylic acids is 1. The normalized spacial score (nSPS) is 19.7. The molecule has 76 valence electrons. The van der Waals surface area contributed by atoms with Crippen LogP contribution < -0.4 is 0 Å². The van der Waals surface area contributed by atoms with E-state index in [1.165, 1.54) is 4.90 Å². The van der Waals surface area contributed by atoms with Gasteiger partial charge in [-0.05, 0) is 19.1 Å². The van der Waals surface area contributed by atoms with E-state index < -0.39 is 5.97 Å². The Morgan fingerprint density at radius 2 is 2.21 bits per heavy atom. The number of carbonyl (C=O) groups excluding carboxylic acids is 1. The van der Waals surface area contributed by atoms with Gasteiger partial charge in [-0.2, -0.15) is 0 Å². The molecule has 0 bridgehead atoms. The number of thiocarbonyl (C=S) groups is 1. The van der Waals surface area contributed by atoms with Gasteiger partial charge in [-0.3, -0.25) is 14.5 Å². The van der Waals surface area contributed by atoms with Crippen LogP contribution in [-0.2, 0) is 9.59 Å². The van der Waals surface area contributed by atoms with Crippen molar-refractivity contribution in [1.82, 2.24) is 9.80 Å². The second kappa shape index (κ2) is 3.75. The fourth-order valence-corrected chi connectivity index (χ4v) is 1.49. The number of carboxylic acid groups (broad SMARTS) is 1. The maximum absolute atomic E-state index is 11.6. The molecule has 1 amide bonds. The Balaban J connectivity index is 2.95. The van der Waals surface area contributed by atoms with Gasteiger partial charge in [0, 0.05) is 7.05 Å². The van der Waals surface area contributed by atoms with Gasteiger partial charge in [0.05, 0.1) is 0 Å². The van der Waals surface area contributed by atoms with Crippen LogP contribution in [-0.4, -0.2) is 45.5 Å². The zero-order chi connectivity index (χ0) is 10.9. The SMILES string of the molecule is C/C=C1\C(=O)N(CC(=O)O)C(=S)N1C. The second-order valence-electron chi connectivity index (χ2n) is 2.80. The molecule has 0 aromatic rings. The molecule has 0 unspecified atom stereocenters. The number of carboxylic acids is 1. The maximum atomic E-state index is 11.6. The van der Waals surface area contributed by atoms with Crippen molar-refractivity contribution in [1.29, 1.82) is 0 Å². The first kappa shape index (κ1) is 10.6. The number of rotatable bonds is 2. The predicted molar refractivity (Wildman–Crippen MR) is 53.5 cm³/mol. The van der Waals surface area contributed by atoms with Crippen molar-refractivity contribution in [2.24, 2.45) is 0 Å². The molecule has 0 aromatic carbocycles. The summed E-state index contributed by atoms with van der Waals surface area (Å²) in [7, 11) is 1.64. The summed E-state index contributed by atoms with van der Waals surface area (Å²) in [6.45, 7) is 1.32. The fourth-order valence-electron chi connectivity index (χ4n) is 1.24. The van der Waals surface area contributed by atoms with Crippen LogP contribution in [0.5, 0.6) is 0 Å². The van der Waals surface area contributed by atoms with Crippen molar-refractivity contribution < 1.29 is 14.7 Å². The molecule has 0 aromatic heterocycles. The first-order valence-electron chi connectivity index (χ1n) is 3.96. The van der Waals surface area contributed by atoms with Gasteiger partial charge < -0.3 is 10.0 Å². The van der Waals surface area contributed by atoms with Gasteiger partial charge in [0.2, 0.25) is 0 Å². The van der Waals surface area contributed by atoms with E-state index in [4.69, 9.17) is 17.3 Å². The van der Waals surface area contributed by atoms with Crippen molar-refractivity contribution in [2.45, 2.75) is 6.92 Å². The monoisotopic (exact) mass is 214 g/mol. The van der Waals surface area contributed by atoms with Gasteiger partial charge in [0.25, 0.3) is 5.91 Å². The molecule has 1 aliphatic rings. The lowest BCUT2D eigenvalue weighted by Crippen LogP contribution is -2.35. The minimum Gasteiger partial charge on any atom is -0.480 e. The molecule has 14 heavy (non-hydrogen) atoms. The van der Waals surface area contributed by atoms with E-state index in [1.54, 1.807) is 20.0 Å². The molecule has 0 radical (unpaired) electrons. The van der Waals surface area contributed by atoms with E-state index in [1.807, 2.05) is 0 Å². The standard InChI is InChI=1S/C8H10N2O3S/c1-3-5-7(13)10(4-6(11)12)8(14)9(5)2/h3H,4H2,1-2H3,(H,11,12)/b5-3+. The molecule has 0 aliphatic carbocycles. The van der Waals surface area contributed by atoms with Crippen LogP contribution in [0.1, 0.15) is 6.92 Å². The average Bonchev–Trinajstić information content (AvgIpc) is 2.30. The topological polar surface area (TPSA) is 60.9 Å². The lowest BCUT2D eigenvalue weighted by molar-refractivity contribution is -0.140. The van der Waals surface area contributed by atoms with Gasteiger partial charge in [0.1, 0.15) is 12.2 Å². The first-order valence-corrected chi connectivity index (χ1v) is 4.37. The molecule has 1 heterocycles. The summed E-state index contributed by atoms with van der Waals surface area (Å²) < 4.78 is 0. The van der Waals surface area contributed by atoms with Crippen molar-refractivity contribution in [3.05, 3.63) is 11.8 Å². The van der Waals surface area contributed by atoms with Crippen LogP contribution >= 0.6 is 12.2 Å². The molecule has 0 atom stereocenters. The number of nitrogens with zero attached hydrogens (tertiary/aromatic N) is 2. The number of amides is 1. The Morgan fingerprint density at radius 3 is 2.57 bits per heavy atom. The third-order valence-corrected chi connectivity index (χ3v) is 2.40. The smallest absolute Gasteiger partial charge is 0.323 e. The molecule has 1 fully saturated rings. The lowest BCUT2D eigenvalue weighted by Gasteiger charge is -2.13. The van der Waals surface area contributed by atoms with E-state index in [9.17, 15) is 9.59 Å². The molecule has 1 rings (SSSR count). The highest BCUT2D eigenvalue weighted by Gasteiger charge is 2.35. The maximum Gasteiger partial charge on any atom is 0.323 e. The summed E-state index contributed by atoms with van der Waals surface area (Å²) in [4.78, 5) is 24.6. The van der Waals surface area contributed by atoms with Gasteiger partial charge in [-0.25, -0.2) is 0 Å². The molecule has 0 spiro atoms. The Hall–Kier alpha value is -1.43. The molecule has 0 saturated carbocycles. The Morgan fingerprint density at radius 1 is 1.64 bits per heavy atom. The quantitative estimate of drug-likeness (QED) is 0.519. The molecule has 1 aliphatic heterocycles. The zero-order valence-electron chi connectivity index (χ0n) is 7.85. The molecule has 6 heteroatoms. The Bertz CT molecular complexity index is 337. The largest absolute Gasteiger partial charge is 0.480 e. The fraction of sp³-hybridized carbons (Fsp3) is 0.375. The summed E-state index contributed by atoms with van der Waals surface area (Å²) in [5.74, 6) is -1.44. The van der Waals surface area contributed by atoms with Gasteiger partial charge in [-0.15, -0.1) is 0 Å². The van der Waals surface area contributed by atoms with E-state index in [-0.39, 0.29) is 17.6 Å². The summed E-state index contributed by atoms with van der Waals surface area (Å²) >= 11 is 4.93. The summed E-state index contributed by atoms with van der Waals surface area (Å²) in [6, 6.07) is 0. The predicted octanol–water partition coefficient (Wildman–Crippen LogP) is 0.0337. The van der Waals surface area contributed by atoms with Crippen molar-refractivity contribution >= 4 is 29.2 Å². The van der Waals surface area contributed by atoms with Crippen LogP contribution in [0.3, 0.4) is 0 Å². The number of hydrogen-bond acceptors (Lipinski definition) is 3. The van der Waals surface area contributed by atoms with Crippen LogP contribution in [0.25, 0.3) is 0 Å². The van der Waals surface area contributed by atoms with E-state index in [2.05, 4.69) is 0 Å². The number of hydrogen-bond donors (Lipinski definition) is 1. The summed E-state index contributed by atoms with van der Waals surface area (Å²) in [5, 5.41) is 8.79. The second-order valence-corrected chi connectivity index (χ2v) is 3.17. The highest BCUT2D eigenvalue weighted by molar-refractivity contribution is 7.80. The Kier molecular flexibility index (Phi) is 2.85. The van der Waals surface area contributed by atoms with Crippen molar-refractivity contribution in [3.63, 3.8) is 0 Å². The summed E-state index contributed by atoms with van der Waals surface area (Å²) in [6.07, 6.45) is 1.61. The van der Waals surface area contributed by atoms with Crippen LogP contribution in [0.4, 0.5) is 0 Å². The third kappa shape index (κ3) is 1.60. The van der Waals surface area contributed by atoms with E-state index in [0.717, 1.165) is 4.90 Å². The zero-order valence-corrected chi connectivity index (χ0v) is 8.67. The molecule has 1 N–H and O–H groups in total. The first-order chi connectivity index (χ1) is 6.49. The van der Waals surface area contributed by atoms with Gasteiger partial charge in [-0.1, -0.05) is 6.08 Å². The molecular formula is C8H10N2O3S. The lowest BCUT2D eigenvalue weighted by atomic mass is 10.4. The average molecular weight is 214 g/mol.